The van der Waals surface area contributed by atoms with Crippen LogP contribution < -0.4 is 9.47 Å². The molecule has 18 heavy (non-hydrogen) atoms. The molecule has 4 nitrogen and oxygen atoms in total. The lowest BCUT2D eigenvalue weighted by Crippen LogP contribution is -2.09. The van der Waals surface area contributed by atoms with Crippen molar-refractivity contribution in [1.82, 2.24) is 0 Å². The Labute approximate surface area is 108 Å². The number of rotatable bonds is 8. The second kappa shape index (κ2) is 7.95. The molecule has 0 bridgehead atoms. The van der Waals surface area contributed by atoms with Gasteiger partial charge in [-0.15, -0.1) is 0 Å². The van der Waals surface area contributed by atoms with E-state index in [1.807, 2.05) is 12.1 Å². The number of hydrogen-bond donors (Lipinski definition) is 1. The summed E-state index contributed by atoms with van der Waals surface area (Å²) in [5, 5.41) is 9.66. The summed E-state index contributed by atoms with van der Waals surface area (Å²) in [6.07, 6.45) is 0.431. The Morgan fingerprint density at radius 1 is 1.22 bits per heavy atom. The number of hydrogen-bond acceptors (Lipinski definition) is 4. The van der Waals surface area contributed by atoms with Crippen molar-refractivity contribution in [2.45, 2.75) is 26.4 Å². The number of methoxy groups -OCH3 is 1. The van der Waals surface area contributed by atoms with Crippen molar-refractivity contribution in [2.75, 3.05) is 26.9 Å². The molecule has 0 heterocycles. The molecule has 0 saturated heterocycles. The van der Waals surface area contributed by atoms with Crippen LogP contribution in [0.5, 0.6) is 11.5 Å². The van der Waals surface area contributed by atoms with Crippen molar-refractivity contribution in [3.8, 4) is 11.5 Å². The maximum Gasteiger partial charge on any atom is 0.128 e. The highest BCUT2D eigenvalue weighted by molar-refractivity contribution is 5.41. The van der Waals surface area contributed by atoms with Gasteiger partial charge in [0, 0.05) is 18.2 Å². The summed E-state index contributed by atoms with van der Waals surface area (Å²) in [5.41, 5.74) is 0.756. The van der Waals surface area contributed by atoms with Gasteiger partial charge < -0.3 is 19.3 Å². The molecule has 0 aromatic heterocycles. The van der Waals surface area contributed by atoms with Crippen LogP contribution in [0, 0.1) is 0 Å². The molecule has 0 aliphatic carbocycles. The Morgan fingerprint density at radius 3 is 2.61 bits per heavy atom. The van der Waals surface area contributed by atoms with Gasteiger partial charge in [-0.3, -0.25) is 0 Å². The van der Waals surface area contributed by atoms with Crippen LogP contribution in [0.1, 0.15) is 31.9 Å². The van der Waals surface area contributed by atoms with Crippen LogP contribution in [0.2, 0.25) is 0 Å². The largest absolute Gasteiger partial charge is 0.497 e. The Balaban J connectivity index is 2.60. The number of benzene rings is 1. The zero-order chi connectivity index (χ0) is 13.4. The van der Waals surface area contributed by atoms with Gasteiger partial charge in [-0.05, 0) is 25.5 Å². The van der Waals surface area contributed by atoms with E-state index in [2.05, 4.69) is 6.92 Å². The maximum absolute atomic E-state index is 9.66. The molecule has 0 saturated carbocycles. The third kappa shape index (κ3) is 4.55. The van der Waals surface area contributed by atoms with Crippen molar-refractivity contribution in [3.63, 3.8) is 0 Å². The maximum atomic E-state index is 9.66. The summed E-state index contributed by atoms with van der Waals surface area (Å²) in [6.45, 7) is 5.53. The van der Waals surface area contributed by atoms with Crippen LogP contribution in [-0.4, -0.2) is 32.0 Å². The molecule has 1 aromatic carbocycles. The van der Waals surface area contributed by atoms with Gasteiger partial charge in [0.05, 0.1) is 19.8 Å². The van der Waals surface area contributed by atoms with Crippen LogP contribution >= 0.6 is 0 Å². The Hall–Kier alpha value is -1.26. The Bertz CT molecular complexity index is 350. The van der Waals surface area contributed by atoms with Gasteiger partial charge in [-0.2, -0.15) is 0 Å². The summed E-state index contributed by atoms with van der Waals surface area (Å²) in [5.74, 6) is 1.35. The highest BCUT2D eigenvalue weighted by Gasteiger charge is 2.10. The second-order valence-corrected chi connectivity index (χ2v) is 4.04. The predicted molar refractivity (Wildman–Crippen MR) is 70.2 cm³/mol. The average Bonchev–Trinajstić information content (AvgIpc) is 2.38. The normalized spacial score (nSPS) is 12.2. The highest BCUT2D eigenvalue weighted by atomic mass is 16.5. The smallest absolute Gasteiger partial charge is 0.128 e. The quantitative estimate of drug-likeness (QED) is 0.724. The minimum absolute atomic E-state index is 0.465. The van der Waals surface area contributed by atoms with Crippen molar-refractivity contribution in [3.05, 3.63) is 23.8 Å². The zero-order valence-electron chi connectivity index (χ0n) is 11.3. The number of aliphatic hydroxyl groups excluding tert-OH is 1. The van der Waals surface area contributed by atoms with E-state index < -0.39 is 6.10 Å². The molecule has 102 valence electrons. The van der Waals surface area contributed by atoms with Crippen LogP contribution in [0.4, 0.5) is 0 Å². The molecule has 0 aliphatic rings. The first kappa shape index (κ1) is 14.8. The van der Waals surface area contributed by atoms with E-state index in [4.69, 9.17) is 14.2 Å². The molecule has 0 aliphatic heterocycles. The standard InChI is InChI=1S/C14H22O4/c1-4-7-17-8-9-18-14-10-12(16-3)5-6-13(14)11(2)15/h5-6,10-11,15H,4,7-9H2,1-3H3/t11-/m1/s1. The first-order chi connectivity index (χ1) is 8.69. The molecule has 1 atom stereocenters. The fraction of sp³-hybridized carbons (Fsp3) is 0.571. The molecular weight excluding hydrogens is 232 g/mol. The Kier molecular flexibility index (Phi) is 6.54. The topological polar surface area (TPSA) is 47.9 Å². The van der Waals surface area contributed by atoms with Gasteiger partial charge in [-0.1, -0.05) is 6.92 Å². The highest BCUT2D eigenvalue weighted by Crippen LogP contribution is 2.29. The lowest BCUT2D eigenvalue weighted by molar-refractivity contribution is 0.0985. The Morgan fingerprint density at radius 2 is 2.00 bits per heavy atom. The van der Waals surface area contributed by atoms with Crippen LogP contribution in [-0.2, 0) is 4.74 Å². The van der Waals surface area contributed by atoms with E-state index in [1.54, 1.807) is 20.1 Å². The first-order valence-corrected chi connectivity index (χ1v) is 6.25. The molecule has 0 radical (unpaired) electrons. The van der Waals surface area contributed by atoms with Crippen molar-refractivity contribution >= 4 is 0 Å². The SMILES string of the molecule is CCCOCCOc1cc(OC)ccc1[C@@H](C)O. The average molecular weight is 254 g/mol. The van der Waals surface area contributed by atoms with E-state index in [0.717, 1.165) is 18.6 Å². The molecule has 0 fully saturated rings. The number of aliphatic hydroxyl groups is 1. The molecular formula is C14H22O4. The van der Waals surface area contributed by atoms with Gasteiger partial charge in [-0.25, -0.2) is 0 Å². The molecule has 0 spiro atoms. The van der Waals surface area contributed by atoms with Gasteiger partial charge in [0.1, 0.15) is 18.1 Å². The minimum atomic E-state index is -0.567. The predicted octanol–water partition coefficient (Wildman–Crippen LogP) is 2.55. The third-order valence-corrected chi connectivity index (χ3v) is 2.50. The zero-order valence-corrected chi connectivity index (χ0v) is 11.3. The van der Waals surface area contributed by atoms with Crippen molar-refractivity contribution in [2.24, 2.45) is 0 Å². The van der Waals surface area contributed by atoms with E-state index in [0.29, 0.717) is 24.7 Å². The van der Waals surface area contributed by atoms with Gasteiger partial charge in [0.15, 0.2) is 0 Å². The second-order valence-electron chi connectivity index (χ2n) is 4.04. The van der Waals surface area contributed by atoms with E-state index in [9.17, 15) is 5.11 Å². The van der Waals surface area contributed by atoms with Crippen molar-refractivity contribution < 1.29 is 19.3 Å². The summed E-state index contributed by atoms with van der Waals surface area (Å²) in [4.78, 5) is 0. The lowest BCUT2D eigenvalue weighted by atomic mass is 10.1. The summed E-state index contributed by atoms with van der Waals surface area (Å²) < 4.78 is 16.1. The third-order valence-electron chi connectivity index (χ3n) is 2.50. The summed E-state index contributed by atoms with van der Waals surface area (Å²) in [7, 11) is 1.60. The molecule has 0 unspecified atom stereocenters. The van der Waals surface area contributed by atoms with Gasteiger partial charge >= 0.3 is 0 Å². The molecule has 0 amide bonds. The minimum Gasteiger partial charge on any atom is -0.497 e. The molecule has 4 heteroatoms. The lowest BCUT2D eigenvalue weighted by Gasteiger charge is -2.14. The fourth-order valence-corrected chi connectivity index (χ4v) is 1.57. The van der Waals surface area contributed by atoms with E-state index in [-0.39, 0.29) is 0 Å². The molecule has 1 N–H and O–H groups in total. The van der Waals surface area contributed by atoms with E-state index >= 15 is 0 Å². The summed E-state index contributed by atoms with van der Waals surface area (Å²) in [6, 6.07) is 5.40. The van der Waals surface area contributed by atoms with Crippen molar-refractivity contribution in [1.29, 1.82) is 0 Å². The molecule has 1 aromatic rings. The fourth-order valence-electron chi connectivity index (χ4n) is 1.57. The van der Waals surface area contributed by atoms with Crippen LogP contribution in [0.3, 0.4) is 0 Å². The monoisotopic (exact) mass is 254 g/mol. The van der Waals surface area contributed by atoms with Crippen LogP contribution in [0.25, 0.3) is 0 Å². The van der Waals surface area contributed by atoms with Gasteiger partial charge in [0.2, 0.25) is 0 Å². The summed E-state index contributed by atoms with van der Waals surface area (Å²) >= 11 is 0. The van der Waals surface area contributed by atoms with Crippen LogP contribution in [0.15, 0.2) is 18.2 Å². The van der Waals surface area contributed by atoms with E-state index in [1.165, 1.54) is 0 Å². The number of ether oxygens (including phenoxy) is 3. The molecule has 1 rings (SSSR count). The van der Waals surface area contributed by atoms with Gasteiger partial charge in [0.25, 0.3) is 0 Å². The first-order valence-electron chi connectivity index (χ1n) is 6.25.